The minimum absolute atomic E-state index is 0.232. The fraction of sp³-hybridized carbons (Fsp3) is 1.00. The molecule has 0 aromatic rings. The van der Waals surface area contributed by atoms with Crippen molar-refractivity contribution in [3.63, 3.8) is 0 Å². The molecule has 2 aliphatic rings. The Hall–Kier alpha value is -0.170. The van der Waals surface area contributed by atoms with Gasteiger partial charge in [-0.1, -0.05) is 0 Å². The molecule has 2 fully saturated rings. The lowest BCUT2D eigenvalue weighted by molar-refractivity contribution is 0.0724. The third kappa shape index (κ3) is 2.50. The highest BCUT2D eigenvalue weighted by molar-refractivity contribution is 7.89. The van der Waals surface area contributed by atoms with Gasteiger partial charge in [-0.3, -0.25) is 0 Å². The van der Waals surface area contributed by atoms with Crippen molar-refractivity contribution in [2.75, 3.05) is 39.4 Å². The molecule has 0 aromatic heterocycles. The van der Waals surface area contributed by atoms with Gasteiger partial charge in [0.1, 0.15) is 0 Å². The topological polar surface area (TPSA) is 58.6 Å². The Labute approximate surface area is 90.8 Å². The fourth-order valence-electron chi connectivity index (χ4n) is 2.09. The fourth-order valence-corrected chi connectivity index (χ4v) is 3.96. The molecule has 2 heterocycles. The van der Waals surface area contributed by atoms with E-state index in [4.69, 9.17) is 4.74 Å². The van der Waals surface area contributed by atoms with Gasteiger partial charge < -0.3 is 10.1 Å². The second kappa shape index (κ2) is 4.78. The van der Waals surface area contributed by atoms with Crippen molar-refractivity contribution < 1.29 is 13.2 Å². The highest BCUT2D eigenvalue weighted by Crippen LogP contribution is 2.17. The van der Waals surface area contributed by atoms with Crippen LogP contribution >= 0.6 is 0 Å². The van der Waals surface area contributed by atoms with Gasteiger partial charge in [0.15, 0.2) is 0 Å². The molecule has 1 N–H and O–H groups in total. The highest BCUT2D eigenvalue weighted by Gasteiger charge is 2.33. The summed E-state index contributed by atoms with van der Waals surface area (Å²) in [5.74, 6) is 0. The van der Waals surface area contributed by atoms with Crippen LogP contribution in [0.5, 0.6) is 0 Å². The lowest BCUT2D eigenvalue weighted by atomic mass is 10.2. The molecule has 0 radical (unpaired) electrons. The van der Waals surface area contributed by atoms with E-state index in [0.29, 0.717) is 32.8 Å². The molecule has 2 aliphatic heterocycles. The lowest BCUT2D eigenvalue weighted by Gasteiger charge is -2.32. The standard InChI is InChI=1S/C9H18N2O3S/c12-15(13,9-2-1-3-10-8-9)11-4-6-14-7-5-11/h9-10H,1-8H2/t9-/m1/s1. The van der Waals surface area contributed by atoms with Crippen LogP contribution in [-0.2, 0) is 14.8 Å². The summed E-state index contributed by atoms with van der Waals surface area (Å²) in [6.45, 7) is 3.62. The van der Waals surface area contributed by atoms with Gasteiger partial charge in [0, 0.05) is 19.6 Å². The molecule has 2 saturated heterocycles. The SMILES string of the molecule is O=S(=O)([C@@H]1CCCNC1)N1CCOCC1. The number of nitrogens with zero attached hydrogens (tertiary/aromatic N) is 1. The van der Waals surface area contributed by atoms with Crippen LogP contribution in [0.4, 0.5) is 0 Å². The van der Waals surface area contributed by atoms with Crippen LogP contribution in [0.15, 0.2) is 0 Å². The molecule has 15 heavy (non-hydrogen) atoms. The van der Waals surface area contributed by atoms with Crippen molar-refractivity contribution in [2.24, 2.45) is 0 Å². The van der Waals surface area contributed by atoms with Gasteiger partial charge in [-0.2, -0.15) is 4.31 Å². The Balaban J connectivity index is 2.03. The van der Waals surface area contributed by atoms with E-state index in [0.717, 1.165) is 19.4 Å². The summed E-state index contributed by atoms with van der Waals surface area (Å²) < 4.78 is 31.1. The Morgan fingerprint density at radius 1 is 1.27 bits per heavy atom. The first kappa shape index (κ1) is 11.3. The Morgan fingerprint density at radius 2 is 2.00 bits per heavy atom. The summed E-state index contributed by atoms with van der Waals surface area (Å²) in [5.41, 5.74) is 0. The van der Waals surface area contributed by atoms with Crippen LogP contribution in [0.1, 0.15) is 12.8 Å². The van der Waals surface area contributed by atoms with Gasteiger partial charge in [-0.05, 0) is 19.4 Å². The molecule has 0 amide bonds. The molecule has 1 atom stereocenters. The van der Waals surface area contributed by atoms with E-state index in [2.05, 4.69) is 5.32 Å². The number of hydrogen-bond acceptors (Lipinski definition) is 4. The molecule has 0 bridgehead atoms. The summed E-state index contributed by atoms with van der Waals surface area (Å²) in [5, 5.41) is 2.91. The Morgan fingerprint density at radius 3 is 2.60 bits per heavy atom. The number of ether oxygens (including phenoxy) is 1. The predicted octanol–water partition coefficient (Wildman–Crippen LogP) is -0.600. The van der Waals surface area contributed by atoms with E-state index >= 15 is 0 Å². The van der Waals surface area contributed by atoms with Gasteiger partial charge in [0.25, 0.3) is 0 Å². The molecule has 0 aliphatic carbocycles. The van der Waals surface area contributed by atoms with Gasteiger partial charge in [0.2, 0.25) is 10.0 Å². The molecule has 0 saturated carbocycles. The van der Waals surface area contributed by atoms with Crippen LogP contribution in [0.3, 0.4) is 0 Å². The van der Waals surface area contributed by atoms with Crippen LogP contribution in [0.25, 0.3) is 0 Å². The van der Waals surface area contributed by atoms with Gasteiger partial charge >= 0.3 is 0 Å². The van der Waals surface area contributed by atoms with Crippen molar-refractivity contribution >= 4 is 10.0 Å². The van der Waals surface area contributed by atoms with E-state index in [1.54, 1.807) is 4.31 Å². The summed E-state index contributed by atoms with van der Waals surface area (Å²) in [4.78, 5) is 0. The quantitative estimate of drug-likeness (QED) is 0.693. The maximum absolute atomic E-state index is 12.2. The van der Waals surface area contributed by atoms with E-state index in [9.17, 15) is 8.42 Å². The lowest BCUT2D eigenvalue weighted by Crippen LogP contribution is -2.49. The summed E-state index contributed by atoms with van der Waals surface area (Å²) in [7, 11) is -3.09. The van der Waals surface area contributed by atoms with E-state index in [1.807, 2.05) is 0 Å². The van der Waals surface area contributed by atoms with Crippen LogP contribution in [0.2, 0.25) is 0 Å². The first-order chi connectivity index (χ1) is 7.21. The zero-order valence-corrected chi connectivity index (χ0v) is 9.63. The minimum atomic E-state index is -3.09. The monoisotopic (exact) mass is 234 g/mol. The van der Waals surface area contributed by atoms with Gasteiger partial charge in [-0.25, -0.2) is 8.42 Å². The third-order valence-corrected chi connectivity index (χ3v) is 5.33. The van der Waals surface area contributed by atoms with Crippen LogP contribution in [0, 0.1) is 0 Å². The molecular formula is C9H18N2O3S. The van der Waals surface area contributed by atoms with Gasteiger partial charge in [0.05, 0.1) is 18.5 Å². The van der Waals surface area contributed by atoms with E-state index in [-0.39, 0.29) is 5.25 Å². The number of piperidine rings is 1. The molecule has 6 heteroatoms. The normalized spacial score (nSPS) is 30.3. The van der Waals surface area contributed by atoms with Crippen molar-refractivity contribution in [3.8, 4) is 0 Å². The second-order valence-corrected chi connectivity index (χ2v) is 6.24. The molecule has 0 unspecified atom stereocenters. The molecular weight excluding hydrogens is 216 g/mol. The Kier molecular flexibility index (Phi) is 3.60. The molecule has 2 rings (SSSR count). The maximum atomic E-state index is 12.2. The number of morpholine rings is 1. The molecule has 0 spiro atoms. The second-order valence-electron chi connectivity index (χ2n) is 4.02. The van der Waals surface area contributed by atoms with Crippen molar-refractivity contribution in [1.82, 2.24) is 9.62 Å². The minimum Gasteiger partial charge on any atom is -0.379 e. The maximum Gasteiger partial charge on any atom is 0.218 e. The highest BCUT2D eigenvalue weighted by atomic mass is 32.2. The van der Waals surface area contributed by atoms with Crippen molar-refractivity contribution in [3.05, 3.63) is 0 Å². The predicted molar refractivity (Wildman–Crippen MR) is 57.2 cm³/mol. The average Bonchev–Trinajstić information content (AvgIpc) is 2.31. The Bertz CT molecular complexity index is 268. The van der Waals surface area contributed by atoms with Crippen LogP contribution < -0.4 is 5.32 Å². The summed E-state index contributed by atoms with van der Waals surface area (Å²) >= 11 is 0. The zero-order chi connectivity index (χ0) is 10.7. The van der Waals surface area contributed by atoms with Crippen LogP contribution in [-0.4, -0.2) is 57.4 Å². The molecule has 0 aromatic carbocycles. The zero-order valence-electron chi connectivity index (χ0n) is 8.81. The smallest absolute Gasteiger partial charge is 0.218 e. The number of nitrogens with one attached hydrogen (secondary N) is 1. The summed E-state index contributed by atoms with van der Waals surface area (Å²) in [6.07, 6.45) is 1.74. The number of sulfonamides is 1. The van der Waals surface area contributed by atoms with E-state index in [1.165, 1.54) is 0 Å². The number of hydrogen-bond donors (Lipinski definition) is 1. The van der Waals surface area contributed by atoms with Crippen molar-refractivity contribution in [2.45, 2.75) is 18.1 Å². The molecule has 88 valence electrons. The van der Waals surface area contributed by atoms with Crippen molar-refractivity contribution in [1.29, 1.82) is 0 Å². The van der Waals surface area contributed by atoms with E-state index < -0.39 is 10.0 Å². The first-order valence-electron chi connectivity index (χ1n) is 5.49. The largest absolute Gasteiger partial charge is 0.379 e. The first-order valence-corrected chi connectivity index (χ1v) is 6.99. The molecule has 5 nitrogen and oxygen atoms in total. The third-order valence-electron chi connectivity index (χ3n) is 3.00. The van der Waals surface area contributed by atoms with Gasteiger partial charge in [-0.15, -0.1) is 0 Å². The average molecular weight is 234 g/mol. The summed E-state index contributed by atoms with van der Waals surface area (Å²) in [6, 6.07) is 0. The number of rotatable bonds is 2.